The highest BCUT2D eigenvalue weighted by Gasteiger charge is 2.12. The Morgan fingerprint density at radius 2 is 0.512 bits per heavy atom. The first kappa shape index (κ1) is 40.9. The number of thiocarbonyl (C=S) groups is 1. The maximum atomic E-state index is 10.0. The van der Waals surface area contributed by atoms with Gasteiger partial charge in [-0.3, -0.25) is 0 Å². The summed E-state index contributed by atoms with van der Waals surface area (Å²) in [6.07, 6.45) is 48.8. The van der Waals surface area contributed by atoms with E-state index in [0.29, 0.717) is 0 Å². The Kier molecular flexibility index (Phi) is 36.0. The number of rotatable bonds is 36. The van der Waals surface area contributed by atoms with E-state index in [1.54, 1.807) is 0 Å². The van der Waals surface area contributed by atoms with Crippen LogP contribution < -0.4 is 0 Å². The molecule has 0 saturated carbocycles. The van der Waals surface area contributed by atoms with E-state index in [0.717, 1.165) is 12.8 Å². The standard InChI is InChI=1S/C39H78OS/c1-3-5-7-9-11-13-15-17-19-21-23-25-27-29-31-33-35-37-38(39(40)41)36-34-32-30-28-26-24-22-20-18-16-14-12-10-8-6-4-2/h38H,3-37H2,1-2H3,(H,40,41). The van der Waals surface area contributed by atoms with Gasteiger partial charge in [-0.05, 0) is 25.1 Å². The van der Waals surface area contributed by atoms with Crippen LogP contribution in [0.4, 0.5) is 0 Å². The van der Waals surface area contributed by atoms with E-state index in [9.17, 15) is 5.11 Å². The van der Waals surface area contributed by atoms with Gasteiger partial charge in [0.2, 0.25) is 0 Å². The van der Waals surface area contributed by atoms with E-state index in [4.69, 9.17) is 12.2 Å². The van der Waals surface area contributed by atoms with E-state index in [2.05, 4.69) is 13.8 Å². The number of unbranched alkanes of at least 4 members (excludes halogenated alkanes) is 31. The van der Waals surface area contributed by atoms with Gasteiger partial charge in [-0.1, -0.05) is 226 Å². The van der Waals surface area contributed by atoms with Crippen LogP contribution in [-0.2, 0) is 0 Å². The molecule has 0 heterocycles. The lowest BCUT2D eigenvalue weighted by Crippen LogP contribution is -2.11. The molecule has 0 saturated heterocycles. The summed E-state index contributed by atoms with van der Waals surface area (Å²) < 4.78 is 0. The molecule has 1 unspecified atom stereocenters. The molecular weight excluding hydrogens is 516 g/mol. The molecule has 1 nitrogen and oxygen atoms in total. The SMILES string of the molecule is CCCCCCCCCCCCCCCCCCCC(CCCCCCCCCCCCCCCCCC)C(O)=S. The van der Waals surface area contributed by atoms with Gasteiger partial charge in [0, 0.05) is 5.92 Å². The molecule has 0 amide bonds. The van der Waals surface area contributed by atoms with Gasteiger partial charge in [-0.25, -0.2) is 0 Å². The molecule has 0 spiro atoms. The van der Waals surface area contributed by atoms with Crippen molar-refractivity contribution in [3.63, 3.8) is 0 Å². The monoisotopic (exact) mass is 595 g/mol. The van der Waals surface area contributed by atoms with E-state index in [-0.39, 0.29) is 11.0 Å². The lowest BCUT2D eigenvalue weighted by atomic mass is 9.94. The zero-order valence-electron chi connectivity index (χ0n) is 28.7. The molecule has 1 N–H and O–H groups in total. The van der Waals surface area contributed by atoms with Gasteiger partial charge in [-0.2, -0.15) is 0 Å². The summed E-state index contributed by atoms with van der Waals surface area (Å²) in [6, 6.07) is 0. The Morgan fingerprint density at radius 1 is 0.341 bits per heavy atom. The highest BCUT2D eigenvalue weighted by molar-refractivity contribution is 7.80. The van der Waals surface area contributed by atoms with Crippen molar-refractivity contribution in [2.24, 2.45) is 5.92 Å². The van der Waals surface area contributed by atoms with E-state index in [1.807, 2.05) is 0 Å². The summed E-state index contributed by atoms with van der Waals surface area (Å²) >= 11 is 5.20. The molecule has 0 fully saturated rings. The molecular formula is C39H78OS. The first-order valence-electron chi connectivity index (χ1n) is 19.4. The molecule has 0 bridgehead atoms. The summed E-state index contributed by atoms with van der Waals surface area (Å²) in [5.41, 5.74) is 0. The first-order valence-corrected chi connectivity index (χ1v) is 19.9. The van der Waals surface area contributed by atoms with Crippen LogP contribution in [0.15, 0.2) is 0 Å². The number of hydrogen-bond acceptors (Lipinski definition) is 1. The van der Waals surface area contributed by atoms with E-state index >= 15 is 0 Å². The molecule has 0 aromatic rings. The second-order valence-corrected chi connectivity index (χ2v) is 14.0. The second kappa shape index (κ2) is 36.1. The van der Waals surface area contributed by atoms with E-state index < -0.39 is 0 Å². The Balaban J connectivity index is 3.37. The quantitative estimate of drug-likeness (QED) is 0.0575. The molecule has 41 heavy (non-hydrogen) atoms. The van der Waals surface area contributed by atoms with Gasteiger partial charge in [0.25, 0.3) is 0 Å². The molecule has 0 radical (unpaired) electrons. The Morgan fingerprint density at radius 3 is 0.683 bits per heavy atom. The lowest BCUT2D eigenvalue weighted by Gasteiger charge is -2.14. The second-order valence-electron chi connectivity index (χ2n) is 13.6. The molecule has 0 aromatic heterocycles. The van der Waals surface area contributed by atoms with Crippen LogP contribution in [0.1, 0.15) is 239 Å². The van der Waals surface area contributed by atoms with Crippen molar-refractivity contribution in [3.8, 4) is 0 Å². The van der Waals surface area contributed by atoms with Gasteiger partial charge in [-0.15, -0.1) is 0 Å². The molecule has 0 aliphatic heterocycles. The largest absolute Gasteiger partial charge is 0.502 e. The maximum absolute atomic E-state index is 10.0. The highest BCUT2D eigenvalue weighted by Crippen LogP contribution is 2.21. The van der Waals surface area contributed by atoms with Crippen molar-refractivity contribution < 1.29 is 5.11 Å². The Bertz CT molecular complexity index is 490. The molecule has 0 aliphatic carbocycles. The minimum Gasteiger partial charge on any atom is -0.502 e. The van der Waals surface area contributed by atoms with Gasteiger partial charge in [0.15, 0.2) is 5.05 Å². The van der Waals surface area contributed by atoms with E-state index in [1.165, 1.54) is 212 Å². The van der Waals surface area contributed by atoms with Crippen LogP contribution in [0.2, 0.25) is 0 Å². The summed E-state index contributed by atoms with van der Waals surface area (Å²) in [7, 11) is 0. The number of aliphatic hydroxyl groups is 1. The van der Waals surface area contributed by atoms with Crippen molar-refractivity contribution in [2.75, 3.05) is 0 Å². The first-order chi connectivity index (χ1) is 20.2. The third-order valence-electron chi connectivity index (χ3n) is 9.41. The average molecular weight is 595 g/mol. The minimum absolute atomic E-state index is 0.271. The summed E-state index contributed by atoms with van der Waals surface area (Å²) in [6.45, 7) is 4.60. The average Bonchev–Trinajstić information content (AvgIpc) is 2.97. The van der Waals surface area contributed by atoms with Crippen LogP contribution >= 0.6 is 12.2 Å². The maximum Gasteiger partial charge on any atom is 0.159 e. The minimum atomic E-state index is 0.271. The topological polar surface area (TPSA) is 20.2 Å². The van der Waals surface area contributed by atoms with Crippen molar-refractivity contribution in [2.45, 2.75) is 239 Å². The molecule has 0 aliphatic rings. The Labute approximate surface area is 266 Å². The molecule has 0 aromatic carbocycles. The van der Waals surface area contributed by atoms with Crippen LogP contribution in [0.5, 0.6) is 0 Å². The van der Waals surface area contributed by atoms with Crippen molar-refractivity contribution in [1.82, 2.24) is 0 Å². The zero-order valence-corrected chi connectivity index (χ0v) is 29.5. The van der Waals surface area contributed by atoms with Crippen molar-refractivity contribution in [1.29, 1.82) is 0 Å². The van der Waals surface area contributed by atoms with Crippen LogP contribution in [-0.4, -0.2) is 10.2 Å². The predicted molar refractivity (Wildman–Crippen MR) is 192 cm³/mol. The number of aliphatic hydroxyl groups excluding tert-OH is 1. The summed E-state index contributed by atoms with van der Waals surface area (Å²) in [5.74, 6) is 0.271. The van der Waals surface area contributed by atoms with Gasteiger partial charge in [0.1, 0.15) is 0 Å². The normalized spacial score (nSPS) is 12.2. The van der Waals surface area contributed by atoms with Gasteiger partial charge in [0.05, 0.1) is 0 Å². The van der Waals surface area contributed by atoms with Crippen molar-refractivity contribution >= 4 is 17.3 Å². The predicted octanol–water partition coefficient (Wildman–Crippen LogP) is 15.2. The third kappa shape index (κ3) is 34.3. The van der Waals surface area contributed by atoms with Gasteiger partial charge < -0.3 is 5.11 Å². The third-order valence-corrected chi connectivity index (χ3v) is 9.74. The molecule has 246 valence electrons. The number of hydrogen-bond donors (Lipinski definition) is 1. The smallest absolute Gasteiger partial charge is 0.159 e. The zero-order chi connectivity index (χ0) is 29.9. The fourth-order valence-electron chi connectivity index (χ4n) is 6.45. The highest BCUT2D eigenvalue weighted by atomic mass is 32.1. The fraction of sp³-hybridized carbons (Fsp3) is 0.974. The summed E-state index contributed by atoms with van der Waals surface area (Å²) in [5, 5.41) is 10.3. The van der Waals surface area contributed by atoms with Crippen molar-refractivity contribution in [3.05, 3.63) is 0 Å². The molecule has 1 atom stereocenters. The van der Waals surface area contributed by atoms with Crippen LogP contribution in [0.25, 0.3) is 0 Å². The lowest BCUT2D eigenvalue weighted by molar-refractivity contribution is 0.425. The molecule has 0 rings (SSSR count). The fourth-order valence-corrected chi connectivity index (χ4v) is 6.68. The summed E-state index contributed by atoms with van der Waals surface area (Å²) in [4.78, 5) is 0. The van der Waals surface area contributed by atoms with Gasteiger partial charge >= 0.3 is 0 Å². The van der Waals surface area contributed by atoms with Crippen LogP contribution in [0.3, 0.4) is 0 Å². The Hall–Kier alpha value is -0.110. The molecule has 2 heteroatoms. The van der Waals surface area contributed by atoms with Crippen LogP contribution in [0, 0.1) is 5.92 Å².